The molecule has 4 amide bonds. The Bertz CT molecular complexity index is 1790. The molecule has 7 N–H and O–H groups in total. The molecule has 1 fully saturated rings. The molecule has 0 saturated carbocycles. The maximum Gasteiger partial charge on any atom is 0.306 e. The van der Waals surface area contributed by atoms with Crippen molar-refractivity contribution in [1.29, 1.82) is 0 Å². The molecular formula is C43H67N7O10S. The number of carboxylic acid groups (broad SMARTS) is 1. The van der Waals surface area contributed by atoms with Gasteiger partial charge in [0.25, 0.3) is 5.91 Å². The van der Waals surface area contributed by atoms with E-state index in [0.717, 1.165) is 37.1 Å². The summed E-state index contributed by atoms with van der Waals surface area (Å²) in [4.78, 5) is 86.5. The van der Waals surface area contributed by atoms with Crippen LogP contribution in [0.4, 0.5) is 5.69 Å². The highest BCUT2D eigenvalue weighted by Gasteiger charge is 2.37. The van der Waals surface area contributed by atoms with E-state index in [2.05, 4.69) is 20.9 Å². The molecule has 0 spiro atoms. The molecule has 0 aliphatic carbocycles. The second-order valence-corrected chi connectivity index (χ2v) is 17.3. The lowest BCUT2D eigenvalue weighted by Gasteiger charge is -2.38. The number of phenols is 1. The van der Waals surface area contributed by atoms with Crippen molar-refractivity contribution in [3.8, 4) is 5.75 Å². The van der Waals surface area contributed by atoms with Gasteiger partial charge >= 0.3 is 11.9 Å². The number of aromatic hydroxyl groups is 1. The molecule has 0 radical (unpaired) electrons. The van der Waals surface area contributed by atoms with Crippen molar-refractivity contribution in [2.24, 2.45) is 23.5 Å². The highest BCUT2D eigenvalue weighted by molar-refractivity contribution is 7.09. The first-order chi connectivity index (χ1) is 28.9. The van der Waals surface area contributed by atoms with E-state index in [9.17, 15) is 39.0 Å². The largest absolute Gasteiger partial charge is 0.506 e. The van der Waals surface area contributed by atoms with Crippen molar-refractivity contribution in [2.75, 3.05) is 45.7 Å². The lowest BCUT2D eigenvalue weighted by Crippen LogP contribution is -2.58. The number of esters is 1. The van der Waals surface area contributed by atoms with Crippen LogP contribution in [-0.4, -0.2) is 125 Å². The van der Waals surface area contributed by atoms with Gasteiger partial charge in [-0.15, -0.1) is 11.3 Å². The lowest BCUT2D eigenvalue weighted by atomic mass is 9.92. The number of aromatic nitrogens is 1. The molecule has 1 unspecified atom stereocenters. The van der Waals surface area contributed by atoms with Crippen molar-refractivity contribution >= 4 is 52.6 Å². The highest BCUT2D eigenvalue weighted by Crippen LogP contribution is 2.32. The number of carboxylic acids is 1. The third-order valence-corrected chi connectivity index (χ3v) is 12.1. The first-order valence-electron chi connectivity index (χ1n) is 21.2. The van der Waals surface area contributed by atoms with Crippen molar-refractivity contribution in [3.05, 3.63) is 39.8 Å². The van der Waals surface area contributed by atoms with Crippen LogP contribution in [0.3, 0.4) is 0 Å². The predicted octanol–water partition coefficient (Wildman–Crippen LogP) is 4.10. The number of phenolic OH excluding ortho intramolecular Hbond substituents is 1. The van der Waals surface area contributed by atoms with Crippen molar-refractivity contribution < 1.29 is 48.5 Å². The molecule has 1 aromatic carbocycles. The van der Waals surface area contributed by atoms with Crippen LogP contribution in [-0.2, 0) is 39.9 Å². The molecule has 0 bridgehead atoms. The third-order valence-electron chi connectivity index (χ3n) is 11.2. The summed E-state index contributed by atoms with van der Waals surface area (Å²) >= 11 is 1.12. The molecule has 18 heteroatoms. The van der Waals surface area contributed by atoms with Gasteiger partial charge in [0.05, 0.1) is 37.3 Å². The van der Waals surface area contributed by atoms with Gasteiger partial charge in [-0.3, -0.25) is 33.7 Å². The third kappa shape index (κ3) is 15.6. The van der Waals surface area contributed by atoms with E-state index in [4.69, 9.17) is 15.2 Å². The van der Waals surface area contributed by atoms with Gasteiger partial charge in [0.15, 0.2) is 6.10 Å². The summed E-state index contributed by atoms with van der Waals surface area (Å²) in [5.41, 5.74) is 6.20. The second-order valence-electron chi connectivity index (χ2n) is 16.4. The number of aliphatic carboxylic acids is 1. The summed E-state index contributed by atoms with van der Waals surface area (Å²) in [7, 11) is 3.61. The molecule has 2 aromatic rings. The molecule has 3 rings (SSSR count). The van der Waals surface area contributed by atoms with E-state index in [1.807, 2.05) is 39.6 Å². The molecule has 17 nitrogen and oxygen atoms in total. The molecule has 1 saturated heterocycles. The van der Waals surface area contributed by atoms with Crippen molar-refractivity contribution in [3.63, 3.8) is 0 Å². The van der Waals surface area contributed by atoms with E-state index >= 15 is 0 Å². The molecule has 340 valence electrons. The molecule has 2 heterocycles. The summed E-state index contributed by atoms with van der Waals surface area (Å²) in [5, 5.41) is 30.6. The van der Waals surface area contributed by atoms with Crippen LogP contribution in [0.1, 0.15) is 114 Å². The number of hydrogen-bond donors (Lipinski definition) is 6. The van der Waals surface area contributed by atoms with Gasteiger partial charge in [0.2, 0.25) is 17.7 Å². The summed E-state index contributed by atoms with van der Waals surface area (Å²) < 4.78 is 11.0. The summed E-state index contributed by atoms with van der Waals surface area (Å²) in [6.07, 6.45) is 2.85. The number of nitrogens with two attached hydrogens (primary N) is 1. The number of nitrogens with zero attached hydrogens (tertiary/aromatic N) is 3. The van der Waals surface area contributed by atoms with Crippen LogP contribution in [0, 0.1) is 17.8 Å². The van der Waals surface area contributed by atoms with Gasteiger partial charge in [-0.25, -0.2) is 4.98 Å². The number of hydrogen-bond acceptors (Lipinski definition) is 13. The topological polar surface area (TPSA) is 243 Å². The Balaban J connectivity index is 1.82. The number of likely N-dealkylation sites (N-methyl/N-ethyl adjacent to an activating group) is 2. The molecular weight excluding hydrogens is 807 g/mol. The Kier molecular flexibility index (Phi) is 20.5. The number of carbonyl (C=O) groups is 6. The number of piperidine rings is 1. The Hall–Kier alpha value is -4.65. The van der Waals surface area contributed by atoms with Crippen LogP contribution in [0.25, 0.3) is 0 Å². The highest BCUT2D eigenvalue weighted by atomic mass is 32.1. The van der Waals surface area contributed by atoms with Crippen LogP contribution in [0.5, 0.6) is 5.75 Å². The van der Waals surface area contributed by atoms with E-state index in [0.29, 0.717) is 30.1 Å². The number of benzene rings is 1. The summed E-state index contributed by atoms with van der Waals surface area (Å²) in [5.74, 6) is -4.27. The number of carbonyl (C=O) groups excluding carboxylic acids is 5. The Morgan fingerprint density at radius 1 is 1.07 bits per heavy atom. The van der Waals surface area contributed by atoms with E-state index in [-0.39, 0.29) is 85.0 Å². The Morgan fingerprint density at radius 2 is 1.79 bits per heavy atom. The number of nitrogens with one attached hydrogen (secondary N) is 3. The first-order valence-corrected chi connectivity index (χ1v) is 22.1. The average Bonchev–Trinajstić information content (AvgIpc) is 3.71. The fraction of sp³-hybridized carbons (Fsp3) is 0.651. The average molecular weight is 874 g/mol. The fourth-order valence-electron chi connectivity index (χ4n) is 7.40. The van der Waals surface area contributed by atoms with Crippen LogP contribution in [0.15, 0.2) is 23.6 Å². The molecule has 1 aliphatic heterocycles. The fourth-order valence-corrected chi connectivity index (χ4v) is 8.24. The number of anilines is 1. The molecule has 1 aromatic heterocycles. The minimum Gasteiger partial charge on any atom is -0.506 e. The van der Waals surface area contributed by atoms with Crippen molar-refractivity contribution in [2.45, 2.75) is 123 Å². The Labute approximate surface area is 363 Å². The summed E-state index contributed by atoms with van der Waals surface area (Å²) in [6, 6.07) is 2.35. The van der Waals surface area contributed by atoms with Crippen LogP contribution in [0.2, 0.25) is 0 Å². The second kappa shape index (κ2) is 24.7. The van der Waals surface area contributed by atoms with Gasteiger partial charge in [0, 0.05) is 44.4 Å². The lowest BCUT2D eigenvalue weighted by molar-refractivity contribution is -0.149. The maximum atomic E-state index is 14.3. The SMILES string of the molecule is CC[C@H](C)[C@H](NC(=O)[C@H]1CCCCN1C)C(=O)N(C)[C@H](C[C@@H](OC(C)=O)c1nc(C(=O)N[C@@H](Cc2ccc(O)c(NC(=O)CCOCCN)c2)CC(C)C(=O)O)cs1)C(C)C. The summed E-state index contributed by atoms with van der Waals surface area (Å²) in [6.45, 7) is 12.2. The van der Waals surface area contributed by atoms with Gasteiger partial charge < -0.3 is 46.3 Å². The maximum absolute atomic E-state index is 14.3. The normalized spacial score (nSPS) is 17.3. The monoisotopic (exact) mass is 873 g/mol. The Morgan fingerprint density at radius 3 is 2.41 bits per heavy atom. The minimum atomic E-state index is -1.05. The van der Waals surface area contributed by atoms with Gasteiger partial charge in [-0.2, -0.15) is 0 Å². The van der Waals surface area contributed by atoms with E-state index in [1.165, 1.54) is 25.3 Å². The molecule has 1 aliphatic rings. The zero-order chi connectivity index (χ0) is 45.4. The standard InChI is InChI=1S/C43H67N7O10S/c1-9-26(4)38(48-40(55)33-12-10-11-17-49(33)7)42(56)50(8)34(25(2)3)23-36(60-28(6)51)41-47-32(24-61-41)39(54)45-30(20-27(5)43(57)58)21-29-13-14-35(52)31(22-29)46-37(53)15-18-59-19-16-44/h13-14,22,24-27,30,33-34,36,38,52H,9-12,15-21,23,44H2,1-8H3,(H,45,54)(H,46,53)(H,48,55)(H,57,58)/t26-,27?,30+,33+,34+,36+,38-/m0/s1. The van der Waals surface area contributed by atoms with Crippen LogP contribution < -0.4 is 21.7 Å². The zero-order valence-corrected chi connectivity index (χ0v) is 37.7. The van der Waals surface area contributed by atoms with Crippen molar-refractivity contribution in [1.82, 2.24) is 25.4 Å². The number of rotatable bonds is 24. The number of likely N-dealkylation sites (tertiary alicyclic amines) is 1. The van der Waals surface area contributed by atoms with Gasteiger partial charge in [0.1, 0.15) is 22.5 Å². The smallest absolute Gasteiger partial charge is 0.306 e. The van der Waals surface area contributed by atoms with E-state index in [1.54, 1.807) is 24.1 Å². The first kappa shape index (κ1) is 50.7. The molecule has 61 heavy (non-hydrogen) atoms. The molecule has 7 atom stereocenters. The minimum absolute atomic E-state index is 0.0263. The predicted molar refractivity (Wildman–Crippen MR) is 232 cm³/mol. The number of thiazole rings is 1. The zero-order valence-electron chi connectivity index (χ0n) is 36.9. The quantitative estimate of drug-likeness (QED) is 0.0495. The van der Waals surface area contributed by atoms with E-state index < -0.39 is 48.0 Å². The van der Waals surface area contributed by atoms with Gasteiger partial charge in [-0.1, -0.05) is 53.5 Å². The van der Waals surface area contributed by atoms with Gasteiger partial charge in [-0.05, 0) is 68.8 Å². The number of amides is 4. The van der Waals surface area contributed by atoms with Crippen LogP contribution >= 0.6 is 11.3 Å². The number of ether oxygens (including phenoxy) is 2.